The molecule has 1 aliphatic carbocycles. The molecule has 1 aromatic heterocycles. The first kappa shape index (κ1) is 12.1. The largest absolute Gasteiger partial charge is 0.236 e. The van der Waals surface area contributed by atoms with E-state index in [9.17, 15) is 0 Å². The Morgan fingerprint density at radius 3 is 2.84 bits per heavy atom. The van der Waals surface area contributed by atoms with E-state index in [1.54, 1.807) is 0 Å². The van der Waals surface area contributed by atoms with Crippen LogP contribution < -0.4 is 0 Å². The number of rotatable bonds is 1. The molecule has 0 amide bonds. The van der Waals surface area contributed by atoms with Crippen molar-refractivity contribution in [2.75, 3.05) is 0 Å². The molecule has 0 spiro atoms. The number of fused-ring (bicyclic) bond motifs is 1. The third-order valence-corrected chi connectivity index (χ3v) is 3.50. The van der Waals surface area contributed by atoms with E-state index in [1.165, 1.54) is 5.39 Å². The minimum absolute atomic E-state index is 0.753. The molecule has 3 rings (SSSR count). The van der Waals surface area contributed by atoms with Crippen LogP contribution in [0.1, 0.15) is 12.0 Å². The van der Waals surface area contributed by atoms with Crippen LogP contribution >= 0.6 is 11.6 Å². The van der Waals surface area contributed by atoms with E-state index >= 15 is 0 Å². The van der Waals surface area contributed by atoms with Crippen LogP contribution in [0.3, 0.4) is 0 Å². The van der Waals surface area contributed by atoms with Gasteiger partial charge in [0, 0.05) is 34.3 Å². The lowest BCUT2D eigenvalue weighted by Gasteiger charge is -2.07. The van der Waals surface area contributed by atoms with Crippen molar-refractivity contribution in [3.63, 3.8) is 0 Å². The molecule has 94 valence electrons. The van der Waals surface area contributed by atoms with Crippen molar-refractivity contribution in [3.8, 4) is 0 Å². The Kier molecular flexibility index (Phi) is 3.18. The summed E-state index contributed by atoms with van der Waals surface area (Å²) in [5.41, 5.74) is 2.09. The number of aromatic nitrogens is 1. The molecule has 2 aromatic rings. The van der Waals surface area contributed by atoms with Crippen LogP contribution in [0.4, 0.5) is 5.82 Å². The maximum atomic E-state index is 5.90. The van der Waals surface area contributed by atoms with Crippen molar-refractivity contribution < 1.29 is 0 Å². The van der Waals surface area contributed by atoms with Gasteiger partial charge in [0.2, 0.25) is 0 Å². The summed E-state index contributed by atoms with van der Waals surface area (Å²) in [4.78, 5) is 9.06. The average Bonchev–Trinajstić information content (AvgIpc) is 2.45. The van der Waals surface area contributed by atoms with Gasteiger partial charge in [-0.2, -0.15) is 0 Å². The van der Waals surface area contributed by atoms with Gasteiger partial charge in [-0.3, -0.25) is 0 Å². The molecule has 0 saturated carbocycles. The molecule has 19 heavy (non-hydrogen) atoms. The SMILES string of the molecule is Cc1c(/N=C2/C=CC(Cl)=CC2)ncc2ccccc12. The second-order valence-corrected chi connectivity index (χ2v) is 4.96. The third kappa shape index (κ3) is 2.45. The Morgan fingerprint density at radius 2 is 2.05 bits per heavy atom. The van der Waals surface area contributed by atoms with Crippen LogP contribution in [0.15, 0.2) is 58.7 Å². The minimum Gasteiger partial charge on any atom is -0.236 e. The van der Waals surface area contributed by atoms with Gasteiger partial charge >= 0.3 is 0 Å². The lowest BCUT2D eigenvalue weighted by molar-refractivity contribution is 1.24. The maximum absolute atomic E-state index is 5.90. The Hall–Kier alpha value is -1.93. The lowest BCUT2D eigenvalue weighted by Crippen LogP contribution is -1.96. The fraction of sp³-hybridized carbons (Fsp3) is 0.125. The maximum Gasteiger partial charge on any atom is 0.155 e. The summed E-state index contributed by atoms with van der Waals surface area (Å²) >= 11 is 5.90. The van der Waals surface area contributed by atoms with Crippen LogP contribution in [-0.2, 0) is 0 Å². The summed E-state index contributed by atoms with van der Waals surface area (Å²) < 4.78 is 0. The van der Waals surface area contributed by atoms with Gasteiger partial charge in [0.25, 0.3) is 0 Å². The van der Waals surface area contributed by atoms with Crippen LogP contribution in [0.5, 0.6) is 0 Å². The van der Waals surface area contributed by atoms with E-state index in [4.69, 9.17) is 11.6 Å². The number of halogens is 1. The zero-order valence-electron chi connectivity index (χ0n) is 10.6. The Labute approximate surface area is 117 Å². The van der Waals surface area contributed by atoms with Gasteiger partial charge in [-0.05, 0) is 24.5 Å². The van der Waals surface area contributed by atoms with E-state index in [0.717, 1.165) is 33.9 Å². The molecule has 0 fully saturated rings. The van der Waals surface area contributed by atoms with Gasteiger partial charge in [0.1, 0.15) is 0 Å². The number of aliphatic imine (C=N–C) groups is 1. The first-order valence-corrected chi connectivity index (χ1v) is 6.57. The molecule has 1 aliphatic rings. The summed E-state index contributed by atoms with van der Waals surface area (Å²) in [6, 6.07) is 8.22. The molecule has 1 heterocycles. The van der Waals surface area contributed by atoms with E-state index in [-0.39, 0.29) is 0 Å². The standard InChI is InChI=1S/C16H13ClN2/c1-11-15-5-3-2-4-12(15)10-18-16(11)19-14-8-6-13(17)7-9-14/h2-8,10H,9H2,1H3/b19-14-. The van der Waals surface area contributed by atoms with Gasteiger partial charge in [-0.15, -0.1) is 0 Å². The predicted molar refractivity (Wildman–Crippen MR) is 81.3 cm³/mol. The molecule has 0 atom stereocenters. The molecular formula is C16H13ClN2. The van der Waals surface area contributed by atoms with Crippen LogP contribution in [-0.4, -0.2) is 10.7 Å². The molecular weight excluding hydrogens is 256 g/mol. The molecule has 0 N–H and O–H groups in total. The zero-order chi connectivity index (χ0) is 13.2. The van der Waals surface area contributed by atoms with Gasteiger partial charge in [0.15, 0.2) is 5.82 Å². The second-order valence-electron chi connectivity index (χ2n) is 4.52. The molecule has 0 radical (unpaired) electrons. The molecule has 0 unspecified atom stereocenters. The van der Waals surface area contributed by atoms with Crippen molar-refractivity contribution in [2.45, 2.75) is 13.3 Å². The highest BCUT2D eigenvalue weighted by atomic mass is 35.5. The fourth-order valence-corrected chi connectivity index (χ4v) is 2.28. The van der Waals surface area contributed by atoms with Crippen molar-refractivity contribution in [2.24, 2.45) is 4.99 Å². The minimum atomic E-state index is 0.753. The van der Waals surface area contributed by atoms with Crippen molar-refractivity contribution in [1.82, 2.24) is 4.98 Å². The number of benzene rings is 1. The van der Waals surface area contributed by atoms with Gasteiger partial charge < -0.3 is 0 Å². The number of allylic oxidation sites excluding steroid dienone is 4. The van der Waals surface area contributed by atoms with Crippen LogP contribution in [0, 0.1) is 6.92 Å². The van der Waals surface area contributed by atoms with E-state index in [2.05, 4.69) is 29.0 Å². The number of hydrogen-bond donors (Lipinski definition) is 0. The van der Waals surface area contributed by atoms with Gasteiger partial charge in [-0.1, -0.05) is 41.9 Å². The predicted octanol–water partition coefficient (Wildman–Crippen LogP) is 4.70. The molecule has 0 aliphatic heterocycles. The summed E-state index contributed by atoms with van der Waals surface area (Å²) in [6.45, 7) is 2.06. The monoisotopic (exact) mass is 268 g/mol. The summed E-state index contributed by atoms with van der Waals surface area (Å²) in [5, 5.41) is 3.11. The topological polar surface area (TPSA) is 25.2 Å². The summed E-state index contributed by atoms with van der Waals surface area (Å²) in [6.07, 6.45) is 8.38. The molecule has 1 aromatic carbocycles. The Balaban J connectivity index is 2.05. The normalized spacial score (nSPS) is 16.9. The van der Waals surface area contributed by atoms with Crippen LogP contribution in [0.2, 0.25) is 0 Å². The molecule has 0 saturated heterocycles. The molecule has 3 heteroatoms. The number of hydrogen-bond acceptors (Lipinski definition) is 2. The number of pyridine rings is 1. The van der Waals surface area contributed by atoms with Crippen molar-refractivity contribution in [1.29, 1.82) is 0 Å². The first-order valence-electron chi connectivity index (χ1n) is 6.20. The van der Waals surface area contributed by atoms with E-state index in [0.29, 0.717) is 0 Å². The smallest absolute Gasteiger partial charge is 0.155 e. The van der Waals surface area contributed by atoms with Gasteiger partial charge in [0.05, 0.1) is 0 Å². The fourth-order valence-electron chi connectivity index (χ4n) is 2.14. The van der Waals surface area contributed by atoms with E-state index in [1.807, 2.05) is 36.6 Å². The number of nitrogens with zero attached hydrogens (tertiary/aromatic N) is 2. The highest BCUT2D eigenvalue weighted by Crippen LogP contribution is 2.25. The Bertz CT molecular complexity index is 727. The zero-order valence-corrected chi connectivity index (χ0v) is 11.4. The third-order valence-electron chi connectivity index (χ3n) is 3.22. The molecule has 2 nitrogen and oxygen atoms in total. The highest BCUT2D eigenvalue weighted by molar-refractivity contribution is 6.32. The highest BCUT2D eigenvalue weighted by Gasteiger charge is 2.06. The van der Waals surface area contributed by atoms with E-state index < -0.39 is 0 Å². The van der Waals surface area contributed by atoms with Gasteiger partial charge in [-0.25, -0.2) is 9.98 Å². The van der Waals surface area contributed by atoms with Crippen molar-refractivity contribution >= 4 is 33.9 Å². The first-order chi connectivity index (χ1) is 9.24. The lowest BCUT2D eigenvalue weighted by atomic mass is 10.1. The second kappa shape index (κ2) is 4.98. The Morgan fingerprint density at radius 1 is 1.21 bits per heavy atom. The van der Waals surface area contributed by atoms with Crippen LogP contribution in [0.25, 0.3) is 10.8 Å². The summed E-state index contributed by atoms with van der Waals surface area (Å²) in [5.74, 6) is 0.782. The molecule has 0 bridgehead atoms. The average molecular weight is 269 g/mol. The van der Waals surface area contributed by atoms with Crippen molar-refractivity contribution in [3.05, 3.63) is 59.3 Å². The summed E-state index contributed by atoms with van der Waals surface area (Å²) in [7, 11) is 0. The number of aryl methyl sites for hydroxylation is 1. The quantitative estimate of drug-likeness (QED) is 0.736.